The Morgan fingerprint density at radius 3 is 2.63 bits per heavy atom. The third kappa shape index (κ3) is 3.43. The number of nitrogens with zero attached hydrogens (tertiary/aromatic N) is 1. The Balaban J connectivity index is 2.29. The van der Waals surface area contributed by atoms with E-state index in [1.165, 1.54) is 0 Å². The second kappa shape index (κ2) is 5.06. The normalized spacial score (nSPS) is 11.8. The minimum atomic E-state index is -0.241. The third-order valence-electron chi connectivity index (χ3n) is 2.63. The molecule has 1 amide bonds. The minimum absolute atomic E-state index is 0.0407. The number of aromatic nitrogens is 1. The van der Waals surface area contributed by atoms with Gasteiger partial charge >= 0.3 is 0 Å². The number of hydrogen-bond acceptors (Lipinski definition) is 1. The third-order valence-corrected chi connectivity index (χ3v) is 3.16. The van der Waals surface area contributed by atoms with Crippen LogP contribution in [0.1, 0.15) is 20.8 Å². The molecule has 2 rings (SSSR count). The Kier molecular flexibility index (Phi) is 3.79. The van der Waals surface area contributed by atoms with Crippen LogP contribution in [0.2, 0.25) is 10.0 Å². The fraction of sp³-hybridized carbons (Fsp3) is 0.357. The molecule has 0 aliphatic carbocycles. The molecule has 0 aliphatic heterocycles. The van der Waals surface area contributed by atoms with E-state index in [0.29, 0.717) is 10.0 Å². The van der Waals surface area contributed by atoms with Crippen LogP contribution < -0.4 is 5.32 Å². The molecule has 1 heterocycles. The van der Waals surface area contributed by atoms with Gasteiger partial charge in [0.15, 0.2) is 0 Å². The zero-order valence-electron chi connectivity index (χ0n) is 11.1. The van der Waals surface area contributed by atoms with Crippen molar-refractivity contribution in [2.45, 2.75) is 32.9 Å². The molecule has 0 unspecified atom stereocenters. The summed E-state index contributed by atoms with van der Waals surface area (Å²) in [5, 5.41) is 4.98. The van der Waals surface area contributed by atoms with Crippen LogP contribution in [0.25, 0.3) is 10.9 Å². The highest BCUT2D eigenvalue weighted by Gasteiger charge is 2.15. The van der Waals surface area contributed by atoms with Crippen molar-refractivity contribution in [1.82, 2.24) is 9.88 Å². The van der Waals surface area contributed by atoms with Crippen LogP contribution in [-0.2, 0) is 11.3 Å². The quantitative estimate of drug-likeness (QED) is 0.897. The lowest BCUT2D eigenvalue weighted by Gasteiger charge is -2.20. The molecule has 1 N–H and O–H groups in total. The zero-order valence-corrected chi connectivity index (χ0v) is 12.6. The van der Waals surface area contributed by atoms with E-state index >= 15 is 0 Å². The Labute approximate surface area is 122 Å². The molecule has 1 aromatic carbocycles. The van der Waals surface area contributed by atoms with Gasteiger partial charge in [-0.05, 0) is 39.0 Å². The number of nitrogens with one attached hydrogen (secondary N) is 1. The molecule has 0 fully saturated rings. The van der Waals surface area contributed by atoms with E-state index in [2.05, 4.69) is 5.32 Å². The highest BCUT2D eigenvalue weighted by molar-refractivity contribution is 6.38. The molecule has 19 heavy (non-hydrogen) atoms. The summed E-state index contributed by atoms with van der Waals surface area (Å²) in [6.45, 7) is 6.10. The van der Waals surface area contributed by atoms with E-state index in [1.807, 2.05) is 43.7 Å². The largest absolute Gasteiger partial charge is 0.350 e. The summed E-state index contributed by atoms with van der Waals surface area (Å²) in [5.41, 5.74) is 0.622. The Hall–Kier alpha value is -1.19. The van der Waals surface area contributed by atoms with Gasteiger partial charge in [-0.1, -0.05) is 23.2 Å². The fourth-order valence-corrected chi connectivity index (χ4v) is 2.51. The van der Waals surface area contributed by atoms with E-state index in [4.69, 9.17) is 23.2 Å². The summed E-state index contributed by atoms with van der Waals surface area (Å²) in [7, 11) is 0. The van der Waals surface area contributed by atoms with Gasteiger partial charge in [0.1, 0.15) is 6.54 Å². The van der Waals surface area contributed by atoms with Gasteiger partial charge in [0.25, 0.3) is 0 Å². The molecular formula is C14H16Cl2N2O. The van der Waals surface area contributed by atoms with Gasteiger partial charge in [-0.2, -0.15) is 0 Å². The lowest BCUT2D eigenvalue weighted by atomic mass is 10.1. The molecule has 102 valence electrons. The number of rotatable bonds is 2. The van der Waals surface area contributed by atoms with Crippen LogP contribution in [0.5, 0.6) is 0 Å². The van der Waals surface area contributed by atoms with Crippen LogP contribution in [0.4, 0.5) is 0 Å². The van der Waals surface area contributed by atoms with Crippen molar-refractivity contribution in [3.63, 3.8) is 0 Å². The summed E-state index contributed by atoms with van der Waals surface area (Å²) in [6, 6.07) is 5.40. The van der Waals surface area contributed by atoms with Crippen molar-refractivity contribution in [3.05, 3.63) is 34.4 Å². The summed E-state index contributed by atoms with van der Waals surface area (Å²) < 4.78 is 1.84. The molecule has 5 heteroatoms. The summed E-state index contributed by atoms with van der Waals surface area (Å²) in [6.07, 6.45) is 1.84. The second-order valence-corrected chi connectivity index (χ2v) is 6.41. The van der Waals surface area contributed by atoms with Crippen molar-refractivity contribution in [3.8, 4) is 0 Å². The highest BCUT2D eigenvalue weighted by atomic mass is 35.5. The lowest BCUT2D eigenvalue weighted by molar-refractivity contribution is -0.123. The molecule has 0 radical (unpaired) electrons. The predicted molar refractivity (Wildman–Crippen MR) is 79.9 cm³/mol. The van der Waals surface area contributed by atoms with Crippen molar-refractivity contribution in [1.29, 1.82) is 0 Å². The maximum Gasteiger partial charge on any atom is 0.240 e. The van der Waals surface area contributed by atoms with E-state index in [0.717, 1.165) is 10.9 Å². The van der Waals surface area contributed by atoms with Crippen LogP contribution in [-0.4, -0.2) is 16.0 Å². The Morgan fingerprint density at radius 2 is 2.00 bits per heavy atom. The van der Waals surface area contributed by atoms with E-state index in [-0.39, 0.29) is 18.0 Å². The van der Waals surface area contributed by atoms with Crippen LogP contribution >= 0.6 is 23.2 Å². The van der Waals surface area contributed by atoms with Crippen LogP contribution in [0.15, 0.2) is 24.4 Å². The molecule has 2 aromatic rings. The molecule has 0 bridgehead atoms. The number of benzene rings is 1. The number of hydrogen-bond donors (Lipinski definition) is 1. The maximum atomic E-state index is 11.9. The smallest absolute Gasteiger partial charge is 0.240 e. The van der Waals surface area contributed by atoms with Gasteiger partial charge in [0.2, 0.25) is 5.91 Å². The van der Waals surface area contributed by atoms with Gasteiger partial charge in [-0.25, -0.2) is 0 Å². The summed E-state index contributed by atoms with van der Waals surface area (Å²) >= 11 is 12.1. The number of carbonyl (C=O) groups is 1. The average Bonchev–Trinajstić information content (AvgIpc) is 2.58. The van der Waals surface area contributed by atoms with Crippen molar-refractivity contribution < 1.29 is 4.79 Å². The van der Waals surface area contributed by atoms with Crippen molar-refractivity contribution in [2.75, 3.05) is 0 Å². The molecule has 0 spiro atoms. The van der Waals surface area contributed by atoms with E-state index in [9.17, 15) is 4.79 Å². The standard InChI is InChI=1S/C14H16Cl2N2O/c1-14(2,3)17-13(19)8-18-5-4-10-11(16)6-9(15)7-12(10)18/h4-7H,8H2,1-3H3,(H,17,19). The molecule has 0 aliphatic rings. The fourth-order valence-electron chi connectivity index (χ4n) is 1.97. The summed E-state index contributed by atoms with van der Waals surface area (Å²) in [4.78, 5) is 11.9. The topological polar surface area (TPSA) is 34.0 Å². The second-order valence-electron chi connectivity index (χ2n) is 5.56. The van der Waals surface area contributed by atoms with Gasteiger partial charge in [-0.15, -0.1) is 0 Å². The van der Waals surface area contributed by atoms with Crippen molar-refractivity contribution >= 4 is 40.0 Å². The first-order valence-corrected chi connectivity index (χ1v) is 6.77. The SMILES string of the molecule is CC(C)(C)NC(=O)Cn1ccc2c(Cl)cc(Cl)cc21. The molecule has 1 aromatic heterocycles. The molecule has 3 nitrogen and oxygen atoms in total. The number of fused-ring (bicyclic) bond motifs is 1. The highest BCUT2D eigenvalue weighted by Crippen LogP contribution is 2.28. The first-order chi connectivity index (χ1) is 8.76. The Morgan fingerprint density at radius 1 is 1.32 bits per heavy atom. The predicted octanol–water partition coefficient (Wildman–Crippen LogP) is 3.86. The van der Waals surface area contributed by atoms with Gasteiger partial charge in [0, 0.05) is 22.1 Å². The zero-order chi connectivity index (χ0) is 14.2. The lowest BCUT2D eigenvalue weighted by Crippen LogP contribution is -2.42. The molecule has 0 saturated heterocycles. The van der Waals surface area contributed by atoms with Crippen LogP contribution in [0.3, 0.4) is 0 Å². The molecule has 0 atom stereocenters. The molecular weight excluding hydrogens is 283 g/mol. The first-order valence-electron chi connectivity index (χ1n) is 6.01. The number of amides is 1. The molecule has 0 saturated carbocycles. The van der Waals surface area contributed by atoms with Crippen molar-refractivity contribution in [2.24, 2.45) is 0 Å². The van der Waals surface area contributed by atoms with E-state index in [1.54, 1.807) is 6.07 Å². The van der Waals surface area contributed by atoms with Gasteiger partial charge < -0.3 is 9.88 Å². The monoisotopic (exact) mass is 298 g/mol. The number of carbonyl (C=O) groups excluding carboxylic acids is 1. The average molecular weight is 299 g/mol. The van der Waals surface area contributed by atoms with Gasteiger partial charge in [-0.3, -0.25) is 4.79 Å². The number of halogens is 2. The van der Waals surface area contributed by atoms with E-state index < -0.39 is 0 Å². The minimum Gasteiger partial charge on any atom is -0.350 e. The Bertz CT molecular complexity index is 626. The van der Waals surface area contributed by atoms with Gasteiger partial charge in [0.05, 0.1) is 10.5 Å². The first kappa shape index (κ1) is 14.2. The maximum absolute atomic E-state index is 11.9. The summed E-state index contributed by atoms with van der Waals surface area (Å²) in [5.74, 6) is -0.0407. The van der Waals surface area contributed by atoms with Crippen LogP contribution in [0, 0.1) is 0 Å².